The van der Waals surface area contributed by atoms with Crippen molar-refractivity contribution in [3.8, 4) is 23.0 Å². The minimum absolute atomic E-state index is 0.103. The Morgan fingerprint density at radius 2 is 1.52 bits per heavy atom. The van der Waals surface area contributed by atoms with E-state index in [2.05, 4.69) is 18.0 Å². The van der Waals surface area contributed by atoms with E-state index < -0.39 is 6.10 Å². The van der Waals surface area contributed by atoms with Crippen molar-refractivity contribution in [1.82, 2.24) is 4.90 Å². The van der Waals surface area contributed by atoms with Gasteiger partial charge in [0.15, 0.2) is 23.0 Å². The van der Waals surface area contributed by atoms with Gasteiger partial charge in [0.1, 0.15) is 6.10 Å². The van der Waals surface area contributed by atoms with Gasteiger partial charge < -0.3 is 23.7 Å². The van der Waals surface area contributed by atoms with E-state index in [-0.39, 0.29) is 25.6 Å². The smallest absolute Gasteiger partial charge is 0.339 e. The predicted molar refractivity (Wildman–Crippen MR) is 92.4 cm³/mol. The maximum Gasteiger partial charge on any atom is 0.339 e. The number of cyclic esters (lactones) is 1. The molecule has 4 heterocycles. The highest BCUT2D eigenvalue weighted by atomic mass is 16.7. The number of fused-ring (bicyclic) bond motifs is 4. The van der Waals surface area contributed by atoms with Gasteiger partial charge in [-0.05, 0) is 48.9 Å². The van der Waals surface area contributed by atoms with E-state index in [0.717, 1.165) is 35.6 Å². The van der Waals surface area contributed by atoms with Crippen LogP contribution in [0.2, 0.25) is 0 Å². The Kier molecular flexibility index (Phi) is 2.97. The molecule has 4 aliphatic heterocycles. The van der Waals surface area contributed by atoms with Crippen molar-refractivity contribution in [1.29, 1.82) is 0 Å². The van der Waals surface area contributed by atoms with Crippen LogP contribution >= 0.6 is 0 Å². The molecule has 0 spiro atoms. The van der Waals surface area contributed by atoms with Crippen molar-refractivity contribution in [3.05, 3.63) is 46.5 Å². The minimum atomic E-state index is -0.411. The van der Waals surface area contributed by atoms with Crippen molar-refractivity contribution in [3.63, 3.8) is 0 Å². The zero-order valence-electron chi connectivity index (χ0n) is 14.7. The molecule has 0 fully saturated rings. The van der Waals surface area contributed by atoms with E-state index in [4.69, 9.17) is 23.7 Å². The molecule has 4 aliphatic rings. The monoisotopic (exact) mass is 367 g/mol. The lowest BCUT2D eigenvalue weighted by Gasteiger charge is -2.37. The van der Waals surface area contributed by atoms with Gasteiger partial charge in [0.05, 0.1) is 11.6 Å². The van der Waals surface area contributed by atoms with Gasteiger partial charge in [-0.15, -0.1) is 0 Å². The standard InChI is InChI=1S/C20H17NO6/c1-21-3-2-10-4-14-15(24-8-23-14)5-11(10)18(21)19-12-6-16-17(26-9-25-16)7-13(12)20(22)27-19/h4-7,18-19H,2-3,8-9H2,1H3/t18-,19+/m1/s1. The molecule has 138 valence electrons. The molecular formula is C20H17NO6. The molecule has 0 N–H and O–H groups in total. The maximum atomic E-state index is 12.5. The number of hydrogen-bond acceptors (Lipinski definition) is 7. The van der Waals surface area contributed by atoms with Crippen LogP contribution in [0.3, 0.4) is 0 Å². The number of nitrogens with zero attached hydrogens (tertiary/aromatic N) is 1. The van der Waals surface area contributed by atoms with Gasteiger partial charge in [0.2, 0.25) is 13.6 Å². The average molecular weight is 367 g/mol. The summed E-state index contributed by atoms with van der Waals surface area (Å²) in [6.07, 6.45) is 0.500. The SMILES string of the molecule is CN1CCc2cc3c(cc2[C@@H]1[C@H]1OC(=O)c2cc4c(cc21)OCO4)OCO3. The lowest BCUT2D eigenvalue weighted by atomic mass is 9.86. The minimum Gasteiger partial charge on any atom is -0.454 e. The Morgan fingerprint density at radius 3 is 2.26 bits per heavy atom. The first-order valence-electron chi connectivity index (χ1n) is 8.96. The zero-order valence-corrected chi connectivity index (χ0v) is 14.7. The Morgan fingerprint density at radius 1 is 0.889 bits per heavy atom. The van der Waals surface area contributed by atoms with Crippen molar-refractivity contribution in [2.45, 2.75) is 18.6 Å². The zero-order chi connectivity index (χ0) is 18.1. The number of benzene rings is 2. The van der Waals surface area contributed by atoms with Crippen LogP contribution in [0.1, 0.15) is 39.2 Å². The fourth-order valence-electron chi connectivity index (χ4n) is 4.41. The molecule has 0 bridgehead atoms. The summed E-state index contributed by atoms with van der Waals surface area (Å²) in [5.74, 6) is 2.44. The van der Waals surface area contributed by atoms with E-state index in [1.807, 2.05) is 12.1 Å². The first-order valence-corrected chi connectivity index (χ1v) is 8.96. The van der Waals surface area contributed by atoms with Crippen LogP contribution in [0.4, 0.5) is 0 Å². The van der Waals surface area contributed by atoms with Crippen LogP contribution in [0.15, 0.2) is 24.3 Å². The summed E-state index contributed by atoms with van der Waals surface area (Å²) < 4.78 is 27.9. The molecule has 0 amide bonds. The molecule has 0 aromatic heterocycles. The largest absolute Gasteiger partial charge is 0.454 e. The van der Waals surface area contributed by atoms with Crippen LogP contribution in [-0.4, -0.2) is 38.0 Å². The number of esters is 1. The number of carbonyl (C=O) groups excluding carboxylic acids is 1. The third-order valence-corrected chi connectivity index (χ3v) is 5.75. The summed E-state index contributed by atoms with van der Waals surface area (Å²) in [7, 11) is 2.05. The molecule has 0 saturated carbocycles. The molecule has 7 nitrogen and oxygen atoms in total. The number of hydrogen-bond donors (Lipinski definition) is 0. The second kappa shape index (κ2) is 5.29. The Hall–Kier alpha value is -2.93. The molecule has 2 aromatic carbocycles. The molecule has 2 atom stereocenters. The molecular weight excluding hydrogens is 350 g/mol. The Bertz CT molecular complexity index is 987. The van der Waals surface area contributed by atoms with Crippen LogP contribution in [0.25, 0.3) is 0 Å². The van der Waals surface area contributed by atoms with E-state index in [9.17, 15) is 4.79 Å². The summed E-state index contributed by atoms with van der Waals surface area (Å²) in [6.45, 7) is 1.28. The topological polar surface area (TPSA) is 66.5 Å². The van der Waals surface area contributed by atoms with Gasteiger partial charge in [0, 0.05) is 12.1 Å². The fourth-order valence-corrected chi connectivity index (χ4v) is 4.41. The molecule has 0 saturated heterocycles. The first-order chi connectivity index (χ1) is 13.2. The van der Waals surface area contributed by atoms with Crippen LogP contribution in [-0.2, 0) is 11.2 Å². The average Bonchev–Trinajstić information content (AvgIpc) is 3.37. The normalized spacial score (nSPS) is 24.6. The quantitative estimate of drug-likeness (QED) is 0.718. The Balaban J connectivity index is 1.48. The number of ether oxygens (including phenoxy) is 5. The van der Waals surface area contributed by atoms with Gasteiger partial charge in [-0.1, -0.05) is 0 Å². The lowest BCUT2D eigenvalue weighted by Crippen LogP contribution is -2.36. The van der Waals surface area contributed by atoms with Gasteiger partial charge in [-0.2, -0.15) is 0 Å². The molecule has 6 rings (SSSR count). The summed E-state index contributed by atoms with van der Waals surface area (Å²) in [4.78, 5) is 14.8. The molecule has 0 aliphatic carbocycles. The van der Waals surface area contributed by atoms with Gasteiger partial charge >= 0.3 is 5.97 Å². The predicted octanol–water partition coefficient (Wildman–Crippen LogP) is 2.58. The van der Waals surface area contributed by atoms with E-state index in [1.54, 1.807) is 6.07 Å². The molecule has 2 aromatic rings. The number of likely N-dealkylation sites (N-methyl/N-ethyl adjacent to an activating group) is 1. The second-order valence-electron chi connectivity index (χ2n) is 7.20. The van der Waals surface area contributed by atoms with Gasteiger partial charge in [-0.3, -0.25) is 4.90 Å². The number of rotatable bonds is 1. The molecule has 27 heavy (non-hydrogen) atoms. The Labute approximate surface area is 155 Å². The second-order valence-corrected chi connectivity index (χ2v) is 7.20. The van der Waals surface area contributed by atoms with Crippen molar-refractivity contribution in [2.75, 3.05) is 27.2 Å². The van der Waals surface area contributed by atoms with Crippen LogP contribution < -0.4 is 18.9 Å². The highest BCUT2D eigenvalue weighted by molar-refractivity contribution is 5.95. The highest BCUT2D eigenvalue weighted by Gasteiger charge is 2.43. The molecule has 0 radical (unpaired) electrons. The van der Waals surface area contributed by atoms with Crippen molar-refractivity contribution < 1.29 is 28.5 Å². The number of carbonyl (C=O) groups is 1. The fraction of sp³-hybridized carbons (Fsp3) is 0.350. The summed E-state index contributed by atoms with van der Waals surface area (Å²) in [5, 5.41) is 0. The maximum absolute atomic E-state index is 12.5. The summed E-state index contributed by atoms with van der Waals surface area (Å²) in [6, 6.07) is 7.58. The lowest BCUT2D eigenvalue weighted by molar-refractivity contribution is 0.00934. The first kappa shape index (κ1) is 15.2. The van der Waals surface area contributed by atoms with Crippen LogP contribution in [0, 0.1) is 0 Å². The molecule has 0 unspecified atom stereocenters. The molecule has 7 heteroatoms. The van der Waals surface area contributed by atoms with Gasteiger partial charge in [-0.25, -0.2) is 4.79 Å². The van der Waals surface area contributed by atoms with E-state index >= 15 is 0 Å². The van der Waals surface area contributed by atoms with Gasteiger partial charge in [0.25, 0.3) is 0 Å². The summed E-state index contributed by atoms with van der Waals surface area (Å²) >= 11 is 0. The van der Waals surface area contributed by atoms with E-state index in [0.29, 0.717) is 17.1 Å². The van der Waals surface area contributed by atoms with Crippen molar-refractivity contribution >= 4 is 5.97 Å². The summed E-state index contributed by atoms with van der Waals surface area (Å²) in [5.41, 5.74) is 3.70. The van der Waals surface area contributed by atoms with E-state index in [1.165, 1.54) is 5.56 Å². The van der Waals surface area contributed by atoms with Crippen LogP contribution in [0.5, 0.6) is 23.0 Å². The van der Waals surface area contributed by atoms with Crippen molar-refractivity contribution in [2.24, 2.45) is 0 Å². The highest BCUT2D eigenvalue weighted by Crippen LogP contribution is 2.50. The third kappa shape index (κ3) is 2.09. The third-order valence-electron chi connectivity index (χ3n) is 5.75.